The van der Waals surface area contributed by atoms with Crippen LogP contribution < -0.4 is 24.4 Å². The maximum atomic E-state index is 13.8. The molecule has 9 heteroatoms. The van der Waals surface area contributed by atoms with Crippen molar-refractivity contribution < 1.29 is 19.0 Å². The van der Waals surface area contributed by atoms with Crippen LogP contribution >= 0.6 is 22.9 Å². The third-order valence-corrected chi connectivity index (χ3v) is 7.66. The quantitative estimate of drug-likeness (QED) is 0.276. The number of halogens is 1. The third-order valence-electron chi connectivity index (χ3n) is 6.43. The average molecular weight is 575 g/mol. The summed E-state index contributed by atoms with van der Waals surface area (Å²) in [5.41, 5.74) is 3.11. The Labute approximate surface area is 240 Å². The first kappa shape index (κ1) is 27.4. The van der Waals surface area contributed by atoms with Crippen LogP contribution in [0.5, 0.6) is 11.5 Å². The summed E-state index contributed by atoms with van der Waals surface area (Å²) >= 11 is 7.39. The summed E-state index contributed by atoms with van der Waals surface area (Å²) in [5.74, 6) is 0.646. The summed E-state index contributed by atoms with van der Waals surface area (Å²) in [6, 6.07) is 21.8. The van der Waals surface area contributed by atoms with E-state index >= 15 is 0 Å². The van der Waals surface area contributed by atoms with E-state index < -0.39 is 12.0 Å². The zero-order chi connectivity index (χ0) is 28.2. The van der Waals surface area contributed by atoms with E-state index in [4.69, 9.17) is 25.8 Å². The van der Waals surface area contributed by atoms with Crippen LogP contribution in [0.1, 0.15) is 36.6 Å². The van der Waals surface area contributed by atoms with Gasteiger partial charge in [-0.15, -0.1) is 0 Å². The standard InChI is InChI=1S/C31H27ClN2O5S/c1-4-38-30(36)27-19(2)33-31-34(28(27)22-11-13-23(32)14-12-22)29(35)26(40-31)17-21-10-15-24(25(16-21)37-3)39-18-20-8-6-5-7-9-20/h5-17,28H,4,18H2,1-3H3/b26-17-. The number of nitrogens with zero attached hydrogens (tertiary/aromatic N) is 2. The monoisotopic (exact) mass is 574 g/mol. The number of carbonyl (C=O) groups is 1. The fourth-order valence-corrected chi connectivity index (χ4v) is 5.70. The Morgan fingerprint density at radius 3 is 2.52 bits per heavy atom. The molecule has 0 N–H and O–H groups in total. The van der Waals surface area contributed by atoms with Crippen molar-refractivity contribution in [3.8, 4) is 11.5 Å². The first-order chi connectivity index (χ1) is 19.4. The number of rotatable bonds is 8. The lowest BCUT2D eigenvalue weighted by molar-refractivity contribution is -0.139. The van der Waals surface area contributed by atoms with Crippen molar-refractivity contribution >= 4 is 35.0 Å². The van der Waals surface area contributed by atoms with Gasteiger partial charge in [-0.05, 0) is 60.9 Å². The van der Waals surface area contributed by atoms with Crippen LogP contribution in [0.15, 0.2) is 93.9 Å². The molecule has 0 aliphatic carbocycles. The van der Waals surface area contributed by atoms with Crippen molar-refractivity contribution in [3.63, 3.8) is 0 Å². The van der Waals surface area contributed by atoms with Gasteiger partial charge in [-0.3, -0.25) is 9.36 Å². The highest BCUT2D eigenvalue weighted by molar-refractivity contribution is 7.07. The van der Waals surface area contributed by atoms with Crippen LogP contribution in [0.25, 0.3) is 6.08 Å². The second-order valence-corrected chi connectivity index (χ2v) is 10.5. The van der Waals surface area contributed by atoms with Crippen LogP contribution in [0.2, 0.25) is 5.02 Å². The summed E-state index contributed by atoms with van der Waals surface area (Å²) < 4.78 is 18.9. The summed E-state index contributed by atoms with van der Waals surface area (Å²) in [6.45, 7) is 4.11. The Balaban J connectivity index is 1.55. The maximum Gasteiger partial charge on any atom is 0.338 e. The molecule has 204 valence electrons. The highest BCUT2D eigenvalue weighted by atomic mass is 35.5. The number of fused-ring (bicyclic) bond motifs is 1. The van der Waals surface area contributed by atoms with E-state index in [0.717, 1.165) is 16.7 Å². The number of esters is 1. The molecule has 0 fully saturated rings. The number of carbonyl (C=O) groups excluding carboxylic acids is 1. The van der Waals surface area contributed by atoms with Crippen molar-refractivity contribution in [2.24, 2.45) is 4.99 Å². The predicted octanol–water partition coefficient (Wildman–Crippen LogP) is 5.04. The van der Waals surface area contributed by atoms with Crippen LogP contribution in [-0.4, -0.2) is 24.3 Å². The Bertz CT molecular complexity index is 1760. The van der Waals surface area contributed by atoms with Gasteiger partial charge in [0.2, 0.25) is 0 Å². The van der Waals surface area contributed by atoms with Gasteiger partial charge in [0, 0.05) is 5.02 Å². The second kappa shape index (κ2) is 11.9. The topological polar surface area (TPSA) is 79.1 Å². The summed E-state index contributed by atoms with van der Waals surface area (Å²) in [7, 11) is 1.58. The molecule has 3 aromatic carbocycles. The van der Waals surface area contributed by atoms with Gasteiger partial charge in [-0.1, -0.05) is 71.5 Å². The van der Waals surface area contributed by atoms with Crippen LogP contribution in [0, 0.1) is 0 Å². The molecule has 0 amide bonds. The minimum absolute atomic E-state index is 0.209. The molecule has 1 aliphatic rings. The van der Waals surface area contributed by atoms with Gasteiger partial charge in [0.15, 0.2) is 16.3 Å². The number of thiazole rings is 1. The molecule has 1 aromatic heterocycles. The van der Waals surface area contributed by atoms with Gasteiger partial charge in [0.25, 0.3) is 5.56 Å². The molecule has 0 spiro atoms. The van der Waals surface area contributed by atoms with E-state index in [1.807, 2.05) is 48.5 Å². The predicted molar refractivity (Wildman–Crippen MR) is 156 cm³/mol. The molecular formula is C31H27ClN2O5S. The fourth-order valence-electron chi connectivity index (χ4n) is 4.53. The van der Waals surface area contributed by atoms with E-state index in [1.54, 1.807) is 55.9 Å². The van der Waals surface area contributed by atoms with E-state index in [9.17, 15) is 9.59 Å². The zero-order valence-corrected chi connectivity index (χ0v) is 23.8. The SMILES string of the molecule is CCOC(=O)C1=C(C)N=c2s/c(=C\c3ccc(OCc4ccccc4)c(OC)c3)c(=O)n2C1c1ccc(Cl)cc1. The Hall–Kier alpha value is -4.14. The number of methoxy groups -OCH3 is 1. The summed E-state index contributed by atoms with van der Waals surface area (Å²) in [5, 5.41) is 0.555. The Kier molecular flexibility index (Phi) is 8.19. The number of aromatic nitrogens is 1. The lowest BCUT2D eigenvalue weighted by Crippen LogP contribution is -2.39. The minimum atomic E-state index is -0.696. The molecule has 0 saturated heterocycles. The number of hydrogen-bond acceptors (Lipinski definition) is 7. The molecule has 4 aromatic rings. The molecule has 1 aliphatic heterocycles. The maximum absolute atomic E-state index is 13.8. The molecule has 40 heavy (non-hydrogen) atoms. The largest absolute Gasteiger partial charge is 0.493 e. The number of allylic oxidation sites excluding steroid dienone is 1. The molecule has 1 atom stereocenters. The summed E-state index contributed by atoms with van der Waals surface area (Å²) in [4.78, 5) is 31.9. The Morgan fingerprint density at radius 1 is 1.07 bits per heavy atom. The molecule has 0 radical (unpaired) electrons. The van der Waals surface area contributed by atoms with Gasteiger partial charge in [0.1, 0.15) is 6.61 Å². The number of benzene rings is 3. The van der Waals surface area contributed by atoms with Crippen molar-refractivity contribution in [1.82, 2.24) is 4.57 Å². The van der Waals surface area contributed by atoms with Gasteiger partial charge in [0.05, 0.1) is 35.6 Å². The molecule has 5 rings (SSSR count). The minimum Gasteiger partial charge on any atom is -0.493 e. The van der Waals surface area contributed by atoms with Gasteiger partial charge >= 0.3 is 5.97 Å². The fraction of sp³-hybridized carbons (Fsp3) is 0.194. The van der Waals surface area contributed by atoms with Crippen LogP contribution in [0.3, 0.4) is 0 Å². The normalized spacial score (nSPS) is 14.9. The zero-order valence-electron chi connectivity index (χ0n) is 22.2. The van der Waals surface area contributed by atoms with Gasteiger partial charge < -0.3 is 14.2 Å². The van der Waals surface area contributed by atoms with E-state index in [2.05, 4.69) is 4.99 Å². The molecule has 7 nitrogen and oxygen atoms in total. The molecule has 2 heterocycles. The number of hydrogen-bond donors (Lipinski definition) is 0. The van der Waals surface area contributed by atoms with Crippen molar-refractivity contribution in [2.45, 2.75) is 26.5 Å². The first-order valence-electron chi connectivity index (χ1n) is 12.7. The van der Waals surface area contributed by atoms with E-state index in [1.165, 1.54) is 11.3 Å². The van der Waals surface area contributed by atoms with E-state index in [0.29, 0.717) is 43.7 Å². The van der Waals surface area contributed by atoms with Gasteiger partial charge in [-0.25, -0.2) is 9.79 Å². The van der Waals surface area contributed by atoms with E-state index in [-0.39, 0.29) is 12.2 Å². The van der Waals surface area contributed by atoms with Crippen molar-refractivity contribution in [1.29, 1.82) is 0 Å². The highest BCUT2D eigenvalue weighted by Gasteiger charge is 2.33. The lowest BCUT2D eigenvalue weighted by Gasteiger charge is -2.24. The average Bonchev–Trinajstić information content (AvgIpc) is 3.26. The molecule has 0 saturated carbocycles. The van der Waals surface area contributed by atoms with Crippen molar-refractivity contribution in [3.05, 3.63) is 125 Å². The molecular weight excluding hydrogens is 548 g/mol. The molecule has 0 bridgehead atoms. The third kappa shape index (κ3) is 5.59. The van der Waals surface area contributed by atoms with Crippen LogP contribution in [-0.2, 0) is 16.1 Å². The number of ether oxygens (including phenoxy) is 3. The molecule has 1 unspecified atom stereocenters. The first-order valence-corrected chi connectivity index (χ1v) is 13.9. The van der Waals surface area contributed by atoms with Gasteiger partial charge in [-0.2, -0.15) is 0 Å². The highest BCUT2D eigenvalue weighted by Crippen LogP contribution is 2.32. The Morgan fingerprint density at radius 2 is 1.82 bits per heavy atom. The second-order valence-electron chi connectivity index (χ2n) is 9.04. The smallest absolute Gasteiger partial charge is 0.338 e. The van der Waals surface area contributed by atoms with Crippen LogP contribution in [0.4, 0.5) is 0 Å². The summed E-state index contributed by atoms with van der Waals surface area (Å²) in [6.07, 6.45) is 1.79. The van der Waals surface area contributed by atoms with Crippen molar-refractivity contribution in [2.75, 3.05) is 13.7 Å². The lowest BCUT2D eigenvalue weighted by atomic mass is 9.96.